The van der Waals surface area contributed by atoms with Gasteiger partial charge in [0, 0.05) is 38.0 Å². The second-order valence-electron chi connectivity index (χ2n) is 8.07. The Morgan fingerprint density at radius 1 is 1.15 bits per heavy atom. The number of nitrogens with zero attached hydrogens (tertiary/aromatic N) is 3. The maximum atomic E-state index is 13.4. The van der Waals surface area contributed by atoms with Gasteiger partial charge in [-0.15, -0.1) is 0 Å². The number of nitriles is 1. The first-order chi connectivity index (χ1) is 16.4. The zero-order valence-electron chi connectivity index (χ0n) is 18.7. The molecule has 34 heavy (non-hydrogen) atoms. The number of aryl methyl sites for hydroxylation is 1. The van der Waals surface area contributed by atoms with Gasteiger partial charge in [0.2, 0.25) is 15.9 Å². The molecule has 0 aliphatic heterocycles. The minimum Gasteiger partial charge on any atom is -0.361 e. The molecule has 0 saturated heterocycles. The van der Waals surface area contributed by atoms with Gasteiger partial charge in [-0.2, -0.15) is 9.98 Å². The van der Waals surface area contributed by atoms with Crippen molar-refractivity contribution >= 4 is 26.8 Å². The molecule has 1 amide bonds. The third-order valence-corrected chi connectivity index (χ3v) is 7.14. The predicted octanol–water partition coefficient (Wildman–Crippen LogP) is 3.24. The summed E-state index contributed by atoms with van der Waals surface area (Å²) in [5.74, 6) is -0.348. The number of carbonyl (C=O) groups excluding carboxylic acids is 1. The summed E-state index contributed by atoms with van der Waals surface area (Å²) in [7, 11) is -2.33. The Bertz CT molecular complexity index is 1430. The summed E-state index contributed by atoms with van der Waals surface area (Å²) >= 11 is 0. The fraction of sp³-hybridized carbons (Fsp3) is 0.200. The first-order valence-corrected chi connectivity index (χ1v) is 12.3. The molecule has 0 saturated carbocycles. The molecule has 8 nitrogen and oxygen atoms in total. The summed E-state index contributed by atoms with van der Waals surface area (Å²) in [5.41, 5.74) is 2.08. The molecule has 0 spiro atoms. The molecule has 9 heteroatoms. The van der Waals surface area contributed by atoms with E-state index >= 15 is 0 Å². The van der Waals surface area contributed by atoms with Crippen LogP contribution in [0.4, 0.5) is 0 Å². The minimum atomic E-state index is -3.98. The molecule has 0 aliphatic carbocycles. The van der Waals surface area contributed by atoms with Crippen molar-refractivity contribution in [1.29, 1.82) is 5.26 Å². The van der Waals surface area contributed by atoms with Gasteiger partial charge in [-0.25, -0.2) is 8.42 Å². The van der Waals surface area contributed by atoms with Crippen LogP contribution in [0.5, 0.6) is 0 Å². The van der Waals surface area contributed by atoms with E-state index in [9.17, 15) is 18.5 Å². The number of hydrogen-bond acceptors (Lipinski definition) is 4. The van der Waals surface area contributed by atoms with Gasteiger partial charge in [0.25, 0.3) is 0 Å². The maximum Gasteiger partial charge on any atom is 0.241 e. The second-order valence-corrected chi connectivity index (χ2v) is 9.78. The summed E-state index contributed by atoms with van der Waals surface area (Å²) in [4.78, 5) is 18.0. The van der Waals surface area contributed by atoms with Crippen LogP contribution < -0.4 is 4.72 Å². The third-order valence-electron chi connectivity index (χ3n) is 5.67. The van der Waals surface area contributed by atoms with Gasteiger partial charge in [0.15, 0.2) is 0 Å². The molecule has 4 rings (SSSR count). The summed E-state index contributed by atoms with van der Waals surface area (Å²) < 4.78 is 30.8. The maximum absolute atomic E-state index is 13.4. The number of nitrogens with one attached hydrogen (secondary N) is 2. The minimum absolute atomic E-state index is 0.0737. The number of benzene rings is 2. The fourth-order valence-corrected chi connectivity index (χ4v) is 5.11. The van der Waals surface area contributed by atoms with E-state index < -0.39 is 16.1 Å². The molecular weight excluding hydrogens is 450 g/mol. The second kappa shape index (κ2) is 9.95. The van der Waals surface area contributed by atoms with Gasteiger partial charge in [-0.05, 0) is 47.7 Å². The molecular formula is C25H25N5O3S. The Morgan fingerprint density at radius 2 is 1.94 bits per heavy atom. The van der Waals surface area contributed by atoms with E-state index in [-0.39, 0.29) is 17.2 Å². The molecule has 2 heterocycles. The van der Waals surface area contributed by atoms with E-state index in [0.717, 1.165) is 10.9 Å². The highest BCUT2D eigenvalue weighted by atomic mass is 32.2. The molecule has 2 aromatic heterocycles. The summed E-state index contributed by atoms with van der Waals surface area (Å²) in [6.45, 7) is 0.656. The Kier molecular flexibility index (Phi) is 6.82. The lowest BCUT2D eigenvalue weighted by molar-refractivity contribution is -0.132. The fourth-order valence-electron chi connectivity index (χ4n) is 3.86. The van der Waals surface area contributed by atoms with Crippen LogP contribution in [0.1, 0.15) is 17.7 Å². The molecule has 1 atom stereocenters. The number of aromatic amines is 1. The first-order valence-electron chi connectivity index (χ1n) is 10.8. The lowest BCUT2D eigenvalue weighted by Crippen LogP contribution is -2.47. The molecule has 2 aromatic carbocycles. The predicted molar refractivity (Wildman–Crippen MR) is 129 cm³/mol. The third kappa shape index (κ3) is 5.20. The number of carbonyl (C=O) groups is 1. The van der Waals surface area contributed by atoms with Crippen LogP contribution >= 0.6 is 0 Å². The van der Waals surface area contributed by atoms with Crippen LogP contribution in [-0.2, 0) is 27.9 Å². The van der Waals surface area contributed by atoms with Crippen molar-refractivity contribution in [2.24, 2.45) is 0 Å². The standard InChI is InChI=1S/C25H25N5O3S/c1-29(18-19-6-3-2-4-7-19)25(31)23(12-15-30-14-5-8-21(30)17-26)28-34(32,33)22-10-9-20-11-13-27-24(20)16-22/h2-11,13-14,16,23,27-28H,12,15,18H2,1H3. The number of aromatic nitrogens is 2. The van der Waals surface area contributed by atoms with E-state index in [0.29, 0.717) is 24.3 Å². The largest absolute Gasteiger partial charge is 0.361 e. The highest BCUT2D eigenvalue weighted by Crippen LogP contribution is 2.19. The van der Waals surface area contributed by atoms with Crippen molar-refractivity contribution in [3.05, 3.63) is 90.4 Å². The summed E-state index contributed by atoms with van der Waals surface area (Å²) in [6, 6.07) is 20.6. The highest BCUT2D eigenvalue weighted by molar-refractivity contribution is 7.89. The van der Waals surface area contributed by atoms with Crippen LogP contribution in [0, 0.1) is 11.3 Å². The van der Waals surface area contributed by atoms with Crippen LogP contribution in [0.2, 0.25) is 0 Å². The van der Waals surface area contributed by atoms with E-state index in [1.807, 2.05) is 36.4 Å². The molecule has 0 bridgehead atoms. The number of sulfonamides is 1. The quantitative estimate of drug-likeness (QED) is 0.387. The van der Waals surface area contributed by atoms with Crippen LogP contribution in [0.15, 0.2) is 84.0 Å². The van der Waals surface area contributed by atoms with Gasteiger partial charge in [-0.3, -0.25) is 4.79 Å². The molecule has 0 aliphatic rings. The zero-order valence-corrected chi connectivity index (χ0v) is 19.5. The smallest absolute Gasteiger partial charge is 0.241 e. The zero-order chi connectivity index (χ0) is 24.1. The molecule has 0 fully saturated rings. The average molecular weight is 476 g/mol. The topological polar surface area (TPSA) is 111 Å². The average Bonchev–Trinajstić information content (AvgIpc) is 3.50. The van der Waals surface area contributed by atoms with Crippen molar-refractivity contribution in [2.75, 3.05) is 7.05 Å². The van der Waals surface area contributed by atoms with E-state index in [2.05, 4.69) is 15.8 Å². The van der Waals surface area contributed by atoms with Crippen molar-refractivity contribution in [1.82, 2.24) is 19.2 Å². The Balaban J connectivity index is 1.57. The lowest BCUT2D eigenvalue weighted by Gasteiger charge is -2.25. The number of likely N-dealkylation sites (N-methyl/N-ethyl adjacent to an activating group) is 1. The Labute approximate surface area is 198 Å². The number of amides is 1. The SMILES string of the molecule is CN(Cc1ccccc1)C(=O)C(CCn1cccc1C#N)NS(=O)(=O)c1ccc2cc[nH]c2c1. The summed E-state index contributed by atoms with van der Waals surface area (Å²) in [6.07, 6.45) is 3.66. The van der Waals surface area contributed by atoms with Crippen LogP contribution in [0.25, 0.3) is 10.9 Å². The number of rotatable bonds is 9. The lowest BCUT2D eigenvalue weighted by atomic mass is 10.1. The van der Waals surface area contributed by atoms with Gasteiger partial charge in [-0.1, -0.05) is 36.4 Å². The summed E-state index contributed by atoms with van der Waals surface area (Å²) in [5, 5.41) is 10.2. The molecule has 174 valence electrons. The van der Waals surface area contributed by atoms with Gasteiger partial charge < -0.3 is 14.5 Å². The first kappa shape index (κ1) is 23.3. The van der Waals surface area contributed by atoms with Crippen LogP contribution in [0.3, 0.4) is 0 Å². The van der Waals surface area contributed by atoms with Crippen LogP contribution in [-0.4, -0.2) is 41.9 Å². The van der Waals surface area contributed by atoms with E-state index in [4.69, 9.17) is 0 Å². The molecule has 1 unspecified atom stereocenters. The van der Waals surface area contributed by atoms with Crippen molar-refractivity contribution in [3.8, 4) is 6.07 Å². The highest BCUT2D eigenvalue weighted by Gasteiger charge is 2.28. The normalized spacial score (nSPS) is 12.4. The van der Waals surface area contributed by atoms with Gasteiger partial charge in [0.1, 0.15) is 17.8 Å². The van der Waals surface area contributed by atoms with Crippen molar-refractivity contribution in [2.45, 2.75) is 30.4 Å². The number of fused-ring (bicyclic) bond motifs is 1. The van der Waals surface area contributed by atoms with Crippen molar-refractivity contribution < 1.29 is 13.2 Å². The number of hydrogen-bond donors (Lipinski definition) is 2. The number of H-pyrrole nitrogens is 1. The monoisotopic (exact) mass is 475 g/mol. The molecule has 2 N–H and O–H groups in total. The van der Waals surface area contributed by atoms with Crippen molar-refractivity contribution in [3.63, 3.8) is 0 Å². The Morgan fingerprint density at radius 3 is 2.71 bits per heavy atom. The van der Waals surface area contributed by atoms with E-state index in [1.165, 1.54) is 11.0 Å². The Hall–Kier alpha value is -3.87. The van der Waals surface area contributed by atoms with Gasteiger partial charge in [0.05, 0.1) is 4.90 Å². The molecule has 0 radical (unpaired) electrons. The molecule has 4 aromatic rings. The van der Waals surface area contributed by atoms with E-state index in [1.54, 1.807) is 48.3 Å². The van der Waals surface area contributed by atoms with Gasteiger partial charge >= 0.3 is 0 Å².